The molecular formula is C19H18FN3O. The fourth-order valence-corrected chi connectivity index (χ4v) is 2.52. The predicted octanol–water partition coefficient (Wildman–Crippen LogP) is 3.82. The maximum atomic E-state index is 13.0. The maximum absolute atomic E-state index is 13.0. The van der Waals surface area contributed by atoms with E-state index in [2.05, 4.69) is 21.7 Å². The standard InChI is InChI=1S/C19H18FN3O/c20-16-5-3-4-14(12-16)8-10-21-19(24)22-11-9-15-13-23-18-7-2-1-6-17(15)18/h1-8,10,12-13,23H,9,11H2,(H2,21,22,24)/b10-8+. The Labute approximate surface area is 139 Å². The van der Waals surface area contributed by atoms with Crippen molar-refractivity contribution in [2.24, 2.45) is 0 Å². The van der Waals surface area contributed by atoms with Crippen LogP contribution in [-0.2, 0) is 6.42 Å². The number of halogens is 1. The van der Waals surface area contributed by atoms with Crippen molar-refractivity contribution < 1.29 is 9.18 Å². The number of para-hydroxylation sites is 1. The van der Waals surface area contributed by atoms with Crippen molar-refractivity contribution in [3.05, 3.63) is 77.9 Å². The normalized spacial score (nSPS) is 11.0. The lowest BCUT2D eigenvalue weighted by atomic mass is 10.1. The average Bonchev–Trinajstić information content (AvgIpc) is 2.98. The minimum Gasteiger partial charge on any atom is -0.361 e. The second-order valence-corrected chi connectivity index (χ2v) is 5.40. The Hall–Kier alpha value is -3.08. The molecule has 2 amide bonds. The van der Waals surface area contributed by atoms with E-state index in [-0.39, 0.29) is 11.8 Å². The summed E-state index contributed by atoms with van der Waals surface area (Å²) in [5.74, 6) is -0.305. The number of carbonyl (C=O) groups is 1. The van der Waals surface area contributed by atoms with Gasteiger partial charge in [-0.15, -0.1) is 0 Å². The van der Waals surface area contributed by atoms with E-state index in [4.69, 9.17) is 0 Å². The lowest BCUT2D eigenvalue weighted by Gasteiger charge is -2.04. The molecule has 0 aliphatic carbocycles. The number of aromatic amines is 1. The monoisotopic (exact) mass is 323 g/mol. The maximum Gasteiger partial charge on any atom is 0.318 e. The first-order valence-corrected chi connectivity index (χ1v) is 7.74. The average molecular weight is 323 g/mol. The Morgan fingerprint density at radius 1 is 1.17 bits per heavy atom. The number of fused-ring (bicyclic) bond motifs is 1. The topological polar surface area (TPSA) is 56.9 Å². The van der Waals surface area contributed by atoms with Crippen molar-refractivity contribution in [3.8, 4) is 0 Å². The molecule has 0 spiro atoms. The number of H-pyrrole nitrogens is 1. The summed E-state index contributed by atoms with van der Waals surface area (Å²) in [6.45, 7) is 0.529. The van der Waals surface area contributed by atoms with Gasteiger partial charge in [-0.25, -0.2) is 9.18 Å². The SMILES string of the molecule is O=C(N/C=C/c1cccc(F)c1)NCCc1c[nH]c2ccccc12. The van der Waals surface area contributed by atoms with Crippen molar-refractivity contribution in [2.45, 2.75) is 6.42 Å². The van der Waals surface area contributed by atoms with E-state index in [0.29, 0.717) is 12.1 Å². The van der Waals surface area contributed by atoms with Crippen LogP contribution in [0.1, 0.15) is 11.1 Å². The third-order valence-corrected chi connectivity index (χ3v) is 3.69. The molecule has 1 aromatic heterocycles. The number of urea groups is 1. The van der Waals surface area contributed by atoms with Gasteiger partial charge in [-0.05, 0) is 41.8 Å². The van der Waals surface area contributed by atoms with Crippen LogP contribution in [0.15, 0.2) is 60.9 Å². The van der Waals surface area contributed by atoms with Crippen molar-refractivity contribution in [3.63, 3.8) is 0 Å². The molecule has 4 nitrogen and oxygen atoms in total. The van der Waals surface area contributed by atoms with Gasteiger partial charge in [0.05, 0.1) is 0 Å². The van der Waals surface area contributed by atoms with E-state index in [1.165, 1.54) is 29.3 Å². The van der Waals surface area contributed by atoms with Crippen LogP contribution in [0.2, 0.25) is 0 Å². The lowest BCUT2D eigenvalue weighted by Crippen LogP contribution is -2.33. The summed E-state index contributed by atoms with van der Waals surface area (Å²) >= 11 is 0. The third-order valence-electron chi connectivity index (χ3n) is 3.69. The van der Waals surface area contributed by atoms with Gasteiger partial charge >= 0.3 is 6.03 Å². The minimum absolute atomic E-state index is 0.289. The molecule has 0 aliphatic rings. The first kappa shape index (κ1) is 15.8. The van der Waals surface area contributed by atoms with E-state index >= 15 is 0 Å². The molecule has 1 heterocycles. The van der Waals surface area contributed by atoms with Gasteiger partial charge < -0.3 is 15.6 Å². The molecule has 24 heavy (non-hydrogen) atoms. The highest BCUT2D eigenvalue weighted by Gasteiger charge is 2.03. The van der Waals surface area contributed by atoms with Crippen molar-refractivity contribution in [1.29, 1.82) is 0 Å². The summed E-state index contributed by atoms with van der Waals surface area (Å²) in [5.41, 5.74) is 2.95. The molecule has 3 rings (SSSR count). The van der Waals surface area contributed by atoms with Gasteiger partial charge in [0.15, 0.2) is 0 Å². The zero-order chi connectivity index (χ0) is 16.8. The largest absolute Gasteiger partial charge is 0.361 e. The van der Waals surface area contributed by atoms with Crippen molar-refractivity contribution >= 4 is 23.0 Å². The number of aromatic nitrogens is 1. The smallest absolute Gasteiger partial charge is 0.318 e. The van der Waals surface area contributed by atoms with Gasteiger partial charge in [0.2, 0.25) is 0 Å². The predicted molar refractivity (Wildman–Crippen MR) is 94.0 cm³/mol. The molecule has 5 heteroatoms. The van der Waals surface area contributed by atoms with Gasteiger partial charge in [-0.2, -0.15) is 0 Å². The van der Waals surface area contributed by atoms with Gasteiger partial charge in [0, 0.05) is 29.8 Å². The van der Waals surface area contributed by atoms with Crippen LogP contribution < -0.4 is 10.6 Å². The number of amides is 2. The molecule has 0 unspecified atom stereocenters. The summed E-state index contributed by atoms with van der Waals surface area (Å²) in [7, 11) is 0. The van der Waals surface area contributed by atoms with Crippen LogP contribution in [0.5, 0.6) is 0 Å². The Balaban J connectivity index is 1.46. The third kappa shape index (κ3) is 4.01. The minimum atomic E-state index is -0.305. The van der Waals surface area contributed by atoms with Gasteiger partial charge in [0.25, 0.3) is 0 Å². The highest BCUT2D eigenvalue weighted by molar-refractivity contribution is 5.83. The second-order valence-electron chi connectivity index (χ2n) is 5.40. The highest BCUT2D eigenvalue weighted by Crippen LogP contribution is 2.17. The molecule has 2 aromatic carbocycles. The van der Waals surface area contributed by atoms with Crippen molar-refractivity contribution in [2.75, 3.05) is 6.54 Å². The van der Waals surface area contributed by atoms with Crippen LogP contribution in [0.3, 0.4) is 0 Å². The van der Waals surface area contributed by atoms with E-state index in [1.807, 2.05) is 24.4 Å². The molecule has 0 saturated heterocycles. The van der Waals surface area contributed by atoms with Crippen LogP contribution >= 0.6 is 0 Å². The van der Waals surface area contributed by atoms with Crippen LogP contribution in [0, 0.1) is 5.82 Å². The molecule has 0 bridgehead atoms. The Morgan fingerprint density at radius 3 is 2.92 bits per heavy atom. The molecule has 0 radical (unpaired) electrons. The molecule has 3 aromatic rings. The summed E-state index contributed by atoms with van der Waals surface area (Å²) in [6, 6.07) is 13.9. The first-order valence-electron chi connectivity index (χ1n) is 7.74. The number of benzene rings is 2. The van der Waals surface area contributed by atoms with E-state index in [0.717, 1.165) is 11.9 Å². The Bertz CT molecular complexity index is 870. The molecule has 0 aliphatic heterocycles. The van der Waals surface area contributed by atoms with Gasteiger partial charge in [-0.1, -0.05) is 30.3 Å². The van der Waals surface area contributed by atoms with Crippen LogP contribution in [0.25, 0.3) is 17.0 Å². The summed E-state index contributed by atoms with van der Waals surface area (Å²) in [4.78, 5) is 15.0. The zero-order valence-electron chi connectivity index (χ0n) is 13.1. The molecule has 0 atom stereocenters. The van der Waals surface area contributed by atoms with E-state index in [9.17, 15) is 9.18 Å². The Morgan fingerprint density at radius 2 is 2.04 bits per heavy atom. The second kappa shape index (κ2) is 7.46. The Kier molecular flexibility index (Phi) is 4.91. The molecule has 3 N–H and O–H groups in total. The lowest BCUT2D eigenvalue weighted by molar-refractivity contribution is 0.244. The van der Waals surface area contributed by atoms with Gasteiger partial charge in [-0.3, -0.25) is 0 Å². The summed E-state index contributed by atoms with van der Waals surface area (Å²) in [5, 5.41) is 6.57. The first-order chi connectivity index (χ1) is 11.7. The summed E-state index contributed by atoms with van der Waals surface area (Å²) in [6.07, 6.45) is 5.84. The van der Waals surface area contributed by atoms with Crippen LogP contribution in [-0.4, -0.2) is 17.6 Å². The van der Waals surface area contributed by atoms with Gasteiger partial charge in [0.1, 0.15) is 5.82 Å². The quantitative estimate of drug-likeness (QED) is 0.657. The summed E-state index contributed by atoms with van der Waals surface area (Å²) < 4.78 is 13.0. The van der Waals surface area contributed by atoms with Crippen molar-refractivity contribution in [1.82, 2.24) is 15.6 Å². The molecular weight excluding hydrogens is 305 g/mol. The van der Waals surface area contributed by atoms with E-state index < -0.39 is 0 Å². The van der Waals surface area contributed by atoms with Crippen LogP contribution in [0.4, 0.5) is 9.18 Å². The molecule has 0 fully saturated rings. The fraction of sp³-hybridized carbons (Fsp3) is 0.105. The number of hydrogen-bond donors (Lipinski definition) is 3. The highest BCUT2D eigenvalue weighted by atomic mass is 19.1. The fourth-order valence-electron chi connectivity index (χ4n) is 2.52. The van der Waals surface area contributed by atoms with E-state index in [1.54, 1.807) is 18.2 Å². The number of carbonyl (C=O) groups excluding carboxylic acids is 1. The zero-order valence-corrected chi connectivity index (χ0v) is 13.1. The number of nitrogens with one attached hydrogen (secondary N) is 3. The number of hydrogen-bond acceptors (Lipinski definition) is 1. The molecule has 0 saturated carbocycles. The molecule has 122 valence electrons. The number of rotatable bonds is 5.